The Morgan fingerprint density at radius 2 is 2.42 bits per heavy atom. The van der Waals surface area contributed by atoms with E-state index < -0.39 is 0 Å². The van der Waals surface area contributed by atoms with E-state index in [-0.39, 0.29) is 0 Å². The molecule has 1 atom stereocenters. The Bertz CT molecular complexity index is 255. The maximum atomic E-state index is 3.48. The number of hydrogen-bond donors (Lipinski definition) is 2. The van der Waals surface area contributed by atoms with Crippen molar-refractivity contribution in [1.29, 1.82) is 0 Å². The third-order valence-electron chi connectivity index (χ3n) is 1.97. The minimum atomic E-state index is 0.509. The Balaban J connectivity index is 2.08. The molecule has 2 N–H and O–H groups in total. The fourth-order valence-corrected chi connectivity index (χ4v) is 2.89. The van der Waals surface area contributed by atoms with Crippen molar-refractivity contribution < 1.29 is 0 Å². The highest BCUT2D eigenvalue weighted by Crippen LogP contribution is 2.25. The van der Waals surface area contributed by atoms with Crippen LogP contribution in [-0.4, -0.2) is 19.6 Å². The molecule has 2 nitrogen and oxygen atoms in total. The molecule has 1 fully saturated rings. The van der Waals surface area contributed by atoms with Crippen LogP contribution in [0.1, 0.15) is 10.9 Å². The summed E-state index contributed by atoms with van der Waals surface area (Å²) in [5.41, 5.74) is 0. The molecule has 66 valence electrons. The predicted octanol–water partition coefficient (Wildman–Crippen LogP) is 1.74. The summed E-state index contributed by atoms with van der Waals surface area (Å²) < 4.78 is 1.19. The Hall–Kier alpha value is 0.1000. The molecule has 1 aromatic rings. The minimum Gasteiger partial charge on any atom is -0.314 e. The Morgan fingerprint density at radius 3 is 3.00 bits per heavy atom. The summed E-state index contributed by atoms with van der Waals surface area (Å²) in [6.45, 7) is 3.20. The summed E-state index contributed by atoms with van der Waals surface area (Å²) in [6.07, 6.45) is 0. The summed E-state index contributed by atoms with van der Waals surface area (Å²) in [7, 11) is 0. The Labute approximate surface area is 84.5 Å². The standard InChI is InChI=1S/C8H11BrN2S/c9-6-3-8(12-5-6)7-4-10-1-2-11-7/h3,5,7,10-11H,1-2,4H2/t7-/m0/s1. The third-order valence-corrected chi connectivity index (χ3v) is 3.78. The quantitative estimate of drug-likeness (QED) is 0.790. The van der Waals surface area contributed by atoms with Gasteiger partial charge in [0.05, 0.1) is 6.04 Å². The van der Waals surface area contributed by atoms with Crippen molar-refractivity contribution in [1.82, 2.24) is 10.6 Å². The first kappa shape index (κ1) is 8.69. The van der Waals surface area contributed by atoms with E-state index in [0.717, 1.165) is 19.6 Å². The third kappa shape index (κ3) is 1.88. The number of rotatable bonds is 1. The SMILES string of the molecule is Brc1csc([C@@H]2CNCCN2)c1. The van der Waals surface area contributed by atoms with Crippen LogP contribution < -0.4 is 10.6 Å². The van der Waals surface area contributed by atoms with Gasteiger partial charge in [-0.2, -0.15) is 0 Å². The fourth-order valence-electron chi connectivity index (χ4n) is 1.37. The van der Waals surface area contributed by atoms with Crippen LogP contribution in [0, 0.1) is 0 Å². The van der Waals surface area contributed by atoms with Gasteiger partial charge in [-0.05, 0) is 22.0 Å². The van der Waals surface area contributed by atoms with Gasteiger partial charge in [-0.1, -0.05) is 0 Å². The molecule has 12 heavy (non-hydrogen) atoms. The fraction of sp³-hybridized carbons (Fsp3) is 0.500. The van der Waals surface area contributed by atoms with Gasteiger partial charge in [-0.3, -0.25) is 0 Å². The van der Waals surface area contributed by atoms with Crippen molar-refractivity contribution >= 4 is 27.3 Å². The van der Waals surface area contributed by atoms with E-state index in [9.17, 15) is 0 Å². The summed E-state index contributed by atoms with van der Waals surface area (Å²) in [4.78, 5) is 1.41. The van der Waals surface area contributed by atoms with Gasteiger partial charge in [0.25, 0.3) is 0 Å². The lowest BCUT2D eigenvalue weighted by Gasteiger charge is -2.23. The van der Waals surface area contributed by atoms with Crippen molar-refractivity contribution in [3.05, 3.63) is 20.8 Å². The summed E-state index contributed by atoms with van der Waals surface area (Å²) in [6, 6.07) is 2.70. The minimum absolute atomic E-state index is 0.509. The van der Waals surface area contributed by atoms with Crippen molar-refractivity contribution in [3.63, 3.8) is 0 Å². The van der Waals surface area contributed by atoms with E-state index >= 15 is 0 Å². The van der Waals surface area contributed by atoms with Crippen molar-refractivity contribution in [2.24, 2.45) is 0 Å². The van der Waals surface area contributed by atoms with Crippen molar-refractivity contribution in [2.75, 3.05) is 19.6 Å². The van der Waals surface area contributed by atoms with Crippen LogP contribution in [0.2, 0.25) is 0 Å². The smallest absolute Gasteiger partial charge is 0.0542 e. The first-order chi connectivity index (χ1) is 5.86. The van der Waals surface area contributed by atoms with Crippen LogP contribution in [0.5, 0.6) is 0 Å². The van der Waals surface area contributed by atoms with Crippen molar-refractivity contribution in [2.45, 2.75) is 6.04 Å². The topological polar surface area (TPSA) is 24.1 Å². The maximum Gasteiger partial charge on any atom is 0.0542 e. The summed E-state index contributed by atoms with van der Waals surface area (Å²) in [5, 5.41) is 8.98. The molecule has 4 heteroatoms. The molecule has 0 unspecified atom stereocenters. The maximum absolute atomic E-state index is 3.48. The summed E-state index contributed by atoms with van der Waals surface area (Å²) in [5.74, 6) is 0. The van der Waals surface area contributed by atoms with Crippen LogP contribution >= 0.6 is 27.3 Å². The first-order valence-electron chi connectivity index (χ1n) is 4.04. The molecule has 1 aromatic heterocycles. The molecular weight excluding hydrogens is 236 g/mol. The monoisotopic (exact) mass is 246 g/mol. The normalized spacial score (nSPS) is 24.2. The van der Waals surface area contributed by atoms with Gasteiger partial charge in [0.1, 0.15) is 0 Å². The van der Waals surface area contributed by atoms with Crippen LogP contribution in [0.3, 0.4) is 0 Å². The van der Waals surface area contributed by atoms with Crippen LogP contribution in [0.15, 0.2) is 15.9 Å². The van der Waals surface area contributed by atoms with E-state index in [2.05, 4.69) is 38.0 Å². The zero-order chi connectivity index (χ0) is 8.39. The Kier molecular flexibility index (Phi) is 2.80. The molecule has 0 aliphatic carbocycles. The molecule has 1 aliphatic rings. The molecule has 0 saturated carbocycles. The average Bonchev–Trinajstić information content (AvgIpc) is 2.54. The van der Waals surface area contributed by atoms with E-state index in [4.69, 9.17) is 0 Å². The van der Waals surface area contributed by atoms with Gasteiger partial charge in [0.15, 0.2) is 0 Å². The number of hydrogen-bond acceptors (Lipinski definition) is 3. The zero-order valence-electron chi connectivity index (χ0n) is 6.64. The van der Waals surface area contributed by atoms with Gasteiger partial charge in [-0.25, -0.2) is 0 Å². The summed E-state index contributed by atoms with van der Waals surface area (Å²) >= 11 is 5.27. The second kappa shape index (κ2) is 3.87. The Morgan fingerprint density at radius 1 is 1.50 bits per heavy atom. The molecule has 2 rings (SSSR count). The lowest BCUT2D eigenvalue weighted by atomic mass is 10.2. The van der Waals surface area contributed by atoms with E-state index in [1.807, 2.05) is 0 Å². The highest BCUT2D eigenvalue weighted by Gasteiger charge is 2.15. The van der Waals surface area contributed by atoms with Crippen molar-refractivity contribution in [3.8, 4) is 0 Å². The number of halogens is 1. The van der Waals surface area contributed by atoms with Gasteiger partial charge in [0, 0.05) is 34.4 Å². The van der Waals surface area contributed by atoms with E-state index in [1.165, 1.54) is 9.35 Å². The average molecular weight is 247 g/mol. The largest absolute Gasteiger partial charge is 0.314 e. The zero-order valence-corrected chi connectivity index (χ0v) is 9.04. The van der Waals surface area contributed by atoms with Gasteiger partial charge in [0.2, 0.25) is 0 Å². The molecule has 2 heterocycles. The van der Waals surface area contributed by atoms with Crippen LogP contribution in [-0.2, 0) is 0 Å². The van der Waals surface area contributed by atoms with Gasteiger partial charge >= 0.3 is 0 Å². The lowest BCUT2D eigenvalue weighted by molar-refractivity contribution is 0.435. The molecule has 0 aromatic carbocycles. The number of piperazine rings is 1. The highest BCUT2D eigenvalue weighted by atomic mass is 79.9. The van der Waals surface area contributed by atoms with E-state index in [0.29, 0.717) is 6.04 Å². The molecule has 1 aliphatic heterocycles. The highest BCUT2D eigenvalue weighted by molar-refractivity contribution is 9.10. The molecule has 0 spiro atoms. The molecular formula is C8H11BrN2S. The molecule has 0 radical (unpaired) electrons. The van der Waals surface area contributed by atoms with E-state index in [1.54, 1.807) is 11.3 Å². The number of nitrogens with one attached hydrogen (secondary N) is 2. The van der Waals surface area contributed by atoms with Crippen LogP contribution in [0.4, 0.5) is 0 Å². The molecule has 0 amide bonds. The lowest BCUT2D eigenvalue weighted by Crippen LogP contribution is -2.42. The molecule has 0 bridgehead atoms. The first-order valence-corrected chi connectivity index (χ1v) is 5.71. The predicted molar refractivity (Wildman–Crippen MR) is 55.6 cm³/mol. The van der Waals surface area contributed by atoms with Gasteiger partial charge in [-0.15, -0.1) is 11.3 Å². The van der Waals surface area contributed by atoms with Crippen LogP contribution in [0.25, 0.3) is 0 Å². The molecule has 1 saturated heterocycles. The van der Waals surface area contributed by atoms with Gasteiger partial charge < -0.3 is 10.6 Å². The second-order valence-electron chi connectivity index (χ2n) is 2.88. The second-order valence-corrected chi connectivity index (χ2v) is 4.74. The number of thiophene rings is 1.